The van der Waals surface area contributed by atoms with Gasteiger partial charge in [0.15, 0.2) is 0 Å². The highest BCUT2D eigenvalue weighted by Crippen LogP contribution is 1.98. The summed E-state index contributed by atoms with van der Waals surface area (Å²) in [5, 5.41) is 0. The third-order valence-electron chi connectivity index (χ3n) is 1.14. The Labute approximate surface area is 66.7 Å². The second-order valence-electron chi connectivity index (χ2n) is 2.02. The van der Waals surface area contributed by atoms with Gasteiger partial charge in [0, 0.05) is 0 Å². The zero-order chi connectivity index (χ0) is 7.82. The summed E-state index contributed by atoms with van der Waals surface area (Å²) < 4.78 is 4.00. The molecule has 0 saturated carbocycles. The summed E-state index contributed by atoms with van der Waals surface area (Å²) in [5.74, 6) is -0.233. The summed E-state index contributed by atoms with van der Waals surface area (Å²) in [6, 6.07) is 0. The Morgan fingerprint density at radius 2 is 2.30 bits per heavy atom. The second kappa shape index (κ2) is 7.05. The summed E-state index contributed by atoms with van der Waals surface area (Å²) in [5.41, 5.74) is 3.12. The van der Waals surface area contributed by atoms with Crippen molar-refractivity contribution in [3.05, 3.63) is 0 Å². The third kappa shape index (κ3) is 6.07. The van der Waals surface area contributed by atoms with E-state index in [1.54, 1.807) is 0 Å². The van der Waals surface area contributed by atoms with Gasteiger partial charge in [-0.05, 0) is 10.7 Å². The smallest absolute Gasteiger partial charge is 0.213 e. The molecule has 3 nitrogen and oxygen atoms in total. The summed E-state index contributed by atoms with van der Waals surface area (Å²) in [6.45, 7) is 2.08. The van der Waals surface area contributed by atoms with Crippen LogP contribution in [-0.2, 0) is 9.08 Å². The van der Waals surface area contributed by atoms with E-state index in [4.69, 9.17) is 0 Å². The standard InChI is InChI=1S/C6H12NO2S/c1-2-3-4-5-6(8)7-9-10/h10H,2-5H2,1H3/q+1. The summed E-state index contributed by atoms with van der Waals surface area (Å²) in [7, 11) is 0. The lowest BCUT2D eigenvalue weighted by molar-refractivity contribution is -0.127. The number of nitrogens with zero attached hydrogens (tertiary/aromatic N) is 1. The van der Waals surface area contributed by atoms with Gasteiger partial charge in [-0.3, -0.25) is 0 Å². The fourth-order valence-electron chi connectivity index (χ4n) is 0.617. The van der Waals surface area contributed by atoms with Crippen LogP contribution in [-0.4, -0.2) is 5.91 Å². The SMILES string of the molecule is CCCCCC(=O)[N+]OS. The van der Waals surface area contributed by atoms with E-state index in [2.05, 4.69) is 29.6 Å². The van der Waals surface area contributed by atoms with E-state index >= 15 is 0 Å². The minimum absolute atomic E-state index is 0.233. The van der Waals surface area contributed by atoms with Crippen molar-refractivity contribution in [1.29, 1.82) is 0 Å². The topological polar surface area (TPSA) is 40.4 Å². The molecule has 0 aromatic heterocycles. The molecule has 58 valence electrons. The van der Waals surface area contributed by atoms with Gasteiger partial charge in [-0.2, -0.15) is 0 Å². The molecule has 0 unspecified atom stereocenters. The van der Waals surface area contributed by atoms with Gasteiger partial charge in [0.2, 0.25) is 0 Å². The minimum Gasteiger partial charge on any atom is -0.213 e. The predicted molar refractivity (Wildman–Crippen MR) is 41.4 cm³/mol. The van der Waals surface area contributed by atoms with E-state index in [1.807, 2.05) is 0 Å². The number of hydrogen-bond donors (Lipinski definition) is 1. The van der Waals surface area contributed by atoms with Gasteiger partial charge in [-0.25, -0.2) is 4.79 Å². The first-order valence-electron chi connectivity index (χ1n) is 3.35. The van der Waals surface area contributed by atoms with E-state index < -0.39 is 0 Å². The first-order valence-corrected chi connectivity index (χ1v) is 3.72. The molecule has 0 bridgehead atoms. The third-order valence-corrected chi connectivity index (χ3v) is 1.22. The van der Waals surface area contributed by atoms with E-state index in [-0.39, 0.29) is 5.91 Å². The summed E-state index contributed by atoms with van der Waals surface area (Å²) in [4.78, 5) is 10.6. The Morgan fingerprint density at radius 3 is 2.80 bits per heavy atom. The van der Waals surface area contributed by atoms with E-state index in [0.29, 0.717) is 6.42 Å². The molecular formula is C6H12NO2S+. The quantitative estimate of drug-likeness (QED) is 0.288. The molecule has 0 aliphatic rings. The number of amides is 1. The lowest BCUT2D eigenvalue weighted by atomic mass is 10.2. The van der Waals surface area contributed by atoms with Crippen molar-refractivity contribution in [3.8, 4) is 0 Å². The maximum Gasteiger partial charge on any atom is 0.472 e. The Morgan fingerprint density at radius 1 is 1.60 bits per heavy atom. The Kier molecular flexibility index (Phi) is 7.01. The average Bonchev–Trinajstić information content (AvgIpc) is 1.89. The molecule has 0 atom stereocenters. The van der Waals surface area contributed by atoms with Crippen molar-refractivity contribution in [2.75, 3.05) is 0 Å². The molecule has 0 fully saturated rings. The van der Waals surface area contributed by atoms with Crippen LogP contribution in [0.2, 0.25) is 0 Å². The normalized spacial score (nSPS) is 9.80. The molecule has 0 N–H and O–H groups in total. The Hall–Kier alpha value is -0.0600. The van der Waals surface area contributed by atoms with Crippen molar-refractivity contribution in [2.45, 2.75) is 32.6 Å². The number of carbonyl (C=O) groups is 1. The molecule has 10 heavy (non-hydrogen) atoms. The zero-order valence-corrected chi connectivity index (χ0v) is 6.93. The molecule has 2 radical (unpaired) electrons. The molecule has 0 aliphatic heterocycles. The number of hydroxylamine groups is 1. The van der Waals surface area contributed by atoms with Crippen LogP contribution in [0.25, 0.3) is 0 Å². The Balaban J connectivity index is 3.05. The number of thiol groups is 1. The van der Waals surface area contributed by atoms with Crippen LogP contribution in [0.4, 0.5) is 0 Å². The molecule has 4 heteroatoms. The summed E-state index contributed by atoms with van der Waals surface area (Å²) in [6.07, 6.45) is 3.52. The Bertz CT molecular complexity index is 97.7. The second-order valence-corrected chi connectivity index (χ2v) is 2.19. The van der Waals surface area contributed by atoms with Crippen molar-refractivity contribution in [1.82, 2.24) is 5.48 Å². The molecule has 0 aromatic rings. The largest absolute Gasteiger partial charge is 0.472 e. The molecule has 0 aliphatic carbocycles. The van der Waals surface area contributed by atoms with Crippen molar-refractivity contribution < 1.29 is 9.08 Å². The van der Waals surface area contributed by atoms with Gasteiger partial charge >= 0.3 is 11.4 Å². The molecular weight excluding hydrogens is 150 g/mol. The van der Waals surface area contributed by atoms with Crippen LogP contribution in [0.5, 0.6) is 0 Å². The molecule has 0 saturated heterocycles. The maximum atomic E-state index is 10.6. The van der Waals surface area contributed by atoms with E-state index in [1.165, 1.54) is 0 Å². The zero-order valence-electron chi connectivity index (χ0n) is 6.04. The van der Waals surface area contributed by atoms with Gasteiger partial charge in [0.05, 0.1) is 19.3 Å². The fourth-order valence-corrected chi connectivity index (χ4v) is 0.708. The number of rotatable bonds is 5. The molecule has 0 heterocycles. The maximum absolute atomic E-state index is 10.6. The van der Waals surface area contributed by atoms with Gasteiger partial charge in [0.1, 0.15) is 0 Å². The summed E-state index contributed by atoms with van der Waals surface area (Å²) >= 11 is 3.32. The first kappa shape index (κ1) is 9.94. The van der Waals surface area contributed by atoms with Gasteiger partial charge in [-0.15, -0.1) is 0 Å². The van der Waals surface area contributed by atoms with Crippen LogP contribution >= 0.6 is 12.9 Å². The first-order chi connectivity index (χ1) is 4.81. The molecule has 1 amide bonds. The number of hydrogen-bond acceptors (Lipinski definition) is 3. The van der Waals surface area contributed by atoms with Crippen LogP contribution in [0, 0.1) is 0 Å². The van der Waals surface area contributed by atoms with Gasteiger partial charge in [0.25, 0.3) is 0 Å². The van der Waals surface area contributed by atoms with E-state index in [0.717, 1.165) is 19.3 Å². The molecule has 0 aromatic carbocycles. The average molecular weight is 162 g/mol. The van der Waals surface area contributed by atoms with Crippen LogP contribution < -0.4 is 5.48 Å². The fraction of sp³-hybridized carbons (Fsp3) is 0.833. The van der Waals surface area contributed by atoms with Crippen LogP contribution in [0.1, 0.15) is 32.6 Å². The number of unbranched alkanes of at least 4 members (excludes halogenated alkanes) is 2. The van der Waals surface area contributed by atoms with Crippen molar-refractivity contribution in [2.24, 2.45) is 0 Å². The monoisotopic (exact) mass is 162 g/mol. The predicted octanol–water partition coefficient (Wildman–Crippen LogP) is 1.47. The minimum atomic E-state index is -0.233. The van der Waals surface area contributed by atoms with Crippen LogP contribution in [0.3, 0.4) is 0 Å². The molecule has 0 spiro atoms. The van der Waals surface area contributed by atoms with Crippen LogP contribution in [0.15, 0.2) is 0 Å². The van der Waals surface area contributed by atoms with Crippen molar-refractivity contribution in [3.63, 3.8) is 0 Å². The lowest BCUT2D eigenvalue weighted by Gasteiger charge is -1.86. The highest BCUT2D eigenvalue weighted by Gasteiger charge is 2.18. The molecule has 0 rings (SSSR count). The van der Waals surface area contributed by atoms with E-state index in [9.17, 15) is 4.79 Å². The lowest BCUT2D eigenvalue weighted by Crippen LogP contribution is -2.11. The number of carbonyl (C=O) groups excluding carboxylic acids is 1. The van der Waals surface area contributed by atoms with Gasteiger partial charge < -0.3 is 0 Å². The highest BCUT2D eigenvalue weighted by molar-refractivity contribution is 7.75. The van der Waals surface area contributed by atoms with Gasteiger partial charge in [-0.1, -0.05) is 19.8 Å². The van der Waals surface area contributed by atoms with Crippen molar-refractivity contribution >= 4 is 18.8 Å². The highest BCUT2D eigenvalue weighted by atomic mass is 32.1.